The minimum absolute atomic E-state index is 0.743. The molecule has 0 saturated carbocycles. The van der Waals surface area contributed by atoms with Gasteiger partial charge in [0.1, 0.15) is 11.6 Å². The smallest absolute Gasteiger partial charge is 0.128 e. The summed E-state index contributed by atoms with van der Waals surface area (Å²) in [7, 11) is 3.75. The average Bonchev–Trinajstić information content (AvgIpc) is 3.02. The standard InChI is InChI=1S/C19H21N3O/c1-21(17-9-6-10-18(13-17)23-2)15-19-20-11-12-22(19)14-16-7-4-3-5-8-16/h3-13H,14-15H2,1-2H3. The highest BCUT2D eigenvalue weighted by Gasteiger charge is 2.08. The van der Waals surface area contributed by atoms with Crippen LogP contribution in [0.5, 0.6) is 5.75 Å². The molecular formula is C19H21N3O. The number of imidazole rings is 1. The van der Waals surface area contributed by atoms with Crippen LogP contribution in [0.15, 0.2) is 67.0 Å². The van der Waals surface area contributed by atoms with Crippen LogP contribution in [0.25, 0.3) is 0 Å². The largest absolute Gasteiger partial charge is 0.497 e. The second-order valence-electron chi connectivity index (χ2n) is 5.51. The number of rotatable bonds is 6. The van der Waals surface area contributed by atoms with E-state index < -0.39 is 0 Å². The van der Waals surface area contributed by atoms with Gasteiger partial charge in [-0.3, -0.25) is 0 Å². The minimum atomic E-state index is 0.743. The van der Waals surface area contributed by atoms with Gasteiger partial charge in [-0.1, -0.05) is 36.4 Å². The van der Waals surface area contributed by atoms with Gasteiger partial charge in [0.25, 0.3) is 0 Å². The first-order valence-corrected chi connectivity index (χ1v) is 7.65. The molecule has 3 aromatic rings. The molecule has 4 heteroatoms. The number of hydrogen-bond donors (Lipinski definition) is 0. The molecule has 0 bridgehead atoms. The molecule has 1 aromatic heterocycles. The number of ether oxygens (including phenoxy) is 1. The molecule has 0 amide bonds. The normalized spacial score (nSPS) is 10.5. The lowest BCUT2D eigenvalue weighted by Gasteiger charge is -2.20. The summed E-state index contributed by atoms with van der Waals surface area (Å²) in [4.78, 5) is 6.68. The molecule has 3 rings (SSSR count). The fourth-order valence-corrected chi connectivity index (χ4v) is 2.57. The first-order chi connectivity index (χ1) is 11.3. The van der Waals surface area contributed by atoms with Crippen molar-refractivity contribution in [1.82, 2.24) is 9.55 Å². The molecule has 0 atom stereocenters. The predicted molar refractivity (Wildman–Crippen MR) is 92.9 cm³/mol. The van der Waals surface area contributed by atoms with E-state index in [0.717, 1.165) is 30.4 Å². The maximum atomic E-state index is 5.30. The van der Waals surface area contributed by atoms with E-state index in [9.17, 15) is 0 Å². The maximum Gasteiger partial charge on any atom is 0.128 e. The Morgan fingerprint density at radius 2 is 1.91 bits per heavy atom. The van der Waals surface area contributed by atoms with Crippen LogP contribution in [-0.4, -0.2) is 23.7 Å². The van der Waals surface area contributed by atoms with Crippen molar-refractivity contribution in [3.8, 4) is 5.75 Å². The summed E-state index contributed by atoms with van der Waals surface area (Å²) in [6.07, 6.45) is 3.89. The molecule has 23 heavy (non-hydrogen) atoms. The Morgan fingerprint density at radius 1 is 1.09 bits per heavy atom. The Balaban J connectivity index is 1.74. The number of anilines is 1. The molecule has 1 heterocycles. The second-order valence-corrected chi connectivity index (χ2v) is 5.51. The quantitative estimate of drug-likeness (QED) is 0.697. The van der Waals surface area contributed by atoms with Crippen LogP contribution in [-0.2, 0) is 13.1 Å². The Hall–Kier alpha value is -2.75. The predicted octanol–water partition coefficient (Wildman–Crippen LogP) is 3.58. The van der Waals surface area contributed by atoms with Crippen molar-refractivity contribution in [2.75, 3.05) is 19.1 Å². The van der Waals surface area contributed by atoms with Crippen molar-refractivity contribution in [3.05, 3.63) is 78.4 Å². The molecule has 0 unspecified atom stereocenters. The van der Waals surface area contributed by atoms with Crippen molar-refractivity contribution in [3.63, 3.8) is 0 Å². The topological polar surface area (TPSA) is 30.3 Å². The molecule has 0 N–H and O–H groups in total. The molecule has 0 aliphatic rings. The number of methoxy groups -OCH3 is 1. The third-order valence-corrected chi connectivity index (χ3v) is 3.87. The summed E-state index contributed by atoms with van der Waals surface area (Å²) in [6.45, 7) is 1.58. The maximum absolute atomic E-state index is 5.30. The van der Waals surface area contributed by atoms with E-state index in [1.807, 2.05) is 36.7 Å². The molecule has 0 aliphatic heterocycles. The van der Waals surface area contributed by atoms with Crippen molar-refractivity contribution in [2.45, 2.75) is 13.1 Å². The van der Waals surface area contributed by atoms with Crippen LogP contribution in [0.3, 0.4) is 0 Å². The van der Waals surface area contributed by atoms with E-state index in [0.29, 0.717) is 0 Å². The zero-order valence-electron chi connectivity index (χ0n) is 13.5. The zero-order chi connectivity index (χ0) is 16.1. The fraction of sp³-hybridized carbons (Fsp3) is 0.211. The molecule has 0 aliphatic carbocycles. The molecule has 0 fully saturated rings. The second kappa shape index (κ2) is 7.01. The Labute approximate surface area is 137 Å². The molecule has 0 spiro atoms. The summed E-state index contributed by atoms with van der Waals surface area (Å²) < 4.78 is 7.48. The summed E-state index contributed by atoms with van der Waals surface area (Å²) >= 11 is 0. The lowest BCUT2D eigenvalue weighted by molar-refractivity contribution is 0.415. The van der Waals surface area contributed by atoms with Gasteiger partial charge in [0.15, 0.2) is 0 Å². The van der Waals surface area contributed by atoms with E-state index in [1.165, 1.54) is 5.56 Å². The van der Waals surface area contributed by atoms with E-state index in [4.69, 9.17) is 4.74 Å². The highest BCUT2D eigenvalue weighted by Crippen LogP contribution is 2.21. The number of hydrogen-bond acceptors (Lipinski definition) is 3. The lowest BCUT2D eigenvalue weighted by Crippen LogP contribution is -2.20. The van der Waals surface area contributed by atoms with Gasteiger partial charge in [-0.05, 0) is 17.7 Å². The molecule has 118 valence electrons. The van der Waals surface area contributed by atoms with Crippen molar-refractivity contribution in [1.29, 1.82) is 0 Å². The molecular weight excluding hydrogens is 286 g/mol. The third kappa shape index (κ3) is 3.72. The average molecular weight is 307 g/mol. The van der Waals surface area contributed by atoms with Crippen LogP contribution >= 0.6 is 0 Å². The van der Waals surface area contributed by atoms with Gasteiger partial charge < -0.3 is 14.2 Å². The SMILES string of the molecule is COc1cccc(N(C)Cc2nccn2Cc2ccccc2)c1. The summed E-state index contributed by atoms with van der Waals surface area (Å²) in [5.41, 5.74) is 2.38. The molecule has 0 saturated heterocycles. The van der Waals surface area contributed by atoms with Crippen LogP contribution in [0.1, 0.15) is 11.4 Å². The zero-order valence-corrected chi connectivity index (χ0v) is 13.5. The van der Waals surface area contributed by atoms with Crippen molar-refractivity contribution < 1.29 is 4.74 Å². The van der Waals surface area contributed by atoms with Crippen LogP contribution in [0, 0.1) is 0 Å². The summed E-state index contributed by atoms with van der Waals surface area (Å²) in [6, 6.07) is 18.5. The third-order valence-electron chi connectivity index (χ3n) is 3.87. The van der Waals surface area contributed by atoms with Crippen molar-refractivity contribution >= 4 is 5.69 Å². The highest BCUT2D eigenvalue weighted by molar-refractivity contribution is 5.50. The van der Waals surface area contributed by atoms with Crippen molar-refractivity contribution in [2.24, 2.45) is 0 Å². The minimum Gasteiger partial charge on any atom is -0.497 e. The van der Waals surface area contributed by atoms with Gasteiger partial charge >= 0.3 is 0 Å². The van der Waals surface area contributed by atoms with E-state index in [-0.39, 0.29) is 0 Å². The monoisotopic (exact) mass is 307 g/mol. The molecule has 2 aromatic carbocycles. The Morgan fingerprint density at radius 3 is 2.70 bits per heavy atom. The molecule has 4 nitrogen and oxygen atoms in total. The summed E-state index contributed by atoms with van der Waals surface area (Å²) in [5, 5.41) is 0. The Kier molecular flexibility index (Phi) is 4.62. The van der Waals surface area contributed by atoms with Crippen LogP contribution in [0.4, 0.5) is 5.69 Å². The Bertz CT molecular complexity index is 752. The number of nitrogens with zero attached hydrogens (tertiary/aromatic N) is 3. The fourth-order valence-electron chi connectivity index (χ4n) is 2.57. The van der Waals surface area contributed by atoms with Gasteiger partial charge in [0, 0.05) is 37.7 Å². The number of benzene rings is 2. The van der Waals surface area contributed by atoms with Gasteiger partial charge in [0.05, 0.1) is 13.7 Å². The van der Waals surface area contributed by atoms with Crippen LogP contribution < -0.4 is 9.64 Å². The molecule has 0 radical (unpaired) electrons. The number of aromatic nitrogens is 2. The first kappa shape index (κ1) is 15.2. The highest BCUT2D eigenvalue weighted by atomic mass is 16.5. The first-order valence-electron chi connectivity index (χ1n) is 7.65. The van der Waals surface area contributed by atoms with Gasteiger partial charge in [-0.15, -0.1) is 0 Å². The van der Waals surface area contributed by atoms with Gasteiger partial charge in [0.2, 0.25) is 0 Å². The summed E-state index contributed by atoms with van der Waals surface area (Å²) in [5.74, 6) is 1.90. The van der Waals surface area contributed by atoms with Crippen LogP contribution in [0.2, 0.25) is 0 Å². The van der Waals surface area contributed by atoms with Gasteiger partial charge in [-0.2, -0.15) is 0 Å². The van der Waals surface area contributed by atoms with Gasteiger partial charge in [-0.25, -0.2) is 4.98 Å². The lowest BCUT2D eigenvalue weighted by atomic mass is 10.2. The van der Waals surface area contributed by atoms with E-state index in [2.05, 4.69) is 51.8 Å². The van der Waals surface area contributed by atoms with E-state index >= 15 is 0 Å². The van der Waals surface area contributed by atoms with E-state index in [1.54, 1.807) is 7.11 Å².